The van der Waals surface area contributed by atoms with Crippen molar-refractivity contribution < 1.29 is 19.1 Å². The number of benzene rings is 2. The van der Waals surface area contributed by atoms with E-state index in [0.717, 1.165) is 12.0 Å². The molecule has 2 N–H and O–H groups in total. The molecular formula is C23H20BrClN2O4. The lowest BCUT2D eigenvalue weighted by Gasteiger charge is -2.27. The Morgan fingerprint density at radius 3 is 2.58 bits per heavy atom. The number of halogens is 2. The number of carbonyl (C=O) groups is 3. The van der Waals surface area contributed by atoms with Gasteiger partial charge in [-0.15, -0.1) is 0 Å². The molecule has 3 fully saturated rings. The van der Waals surface area contributed by atoms with Crippen LogP contribution in [0.2, 0.25) is 5.02 Å². The van der Waals surface area contributed by atoms with Crippen molar-refractivity contribution >= 4 is 56.7 Å². The summed E-state index contributed by atoms with van der Waals surface area (Å²) in [7, 11) is 0. The van der Waals surface area contributed by atoms with E-state index in [-0.39, 0.29) is 46.5 Å². The summed E-state index contributed by atoms with van der Waals surface area (Å²) in [5.41, 5.74) is 2.49. The molecule has 8 heteroatoms. The number of nitrogens with one attached hydrogen (secondary N) is 2. The Balaban J connectivity index is 1.26. The van der Waals surface area contributed by atoms with Crippen molar-refractivity contribution in [3.8, 4) is 0 Å². The fraction of sp³-hybridized carbons (Fsp3) is 0.348. The number of hydrogen-bond acceptors (Lipinski definition) is 4. The van der Waals surface area contributed by atoms with Crippen LogP contribution < -0.4 is 10.6 Å². The van der Waals surface area contributed by atoms with E-state index in [9.17, 15) is 14.4 Å². The van der Waals surface area contributed by atoms with Crippen molar-refractivity contribution in [2.75, 3.05) is 10.6 Å². The number of fused-ring (bicyclic) bond motifs is 1. The molecule has 6 nitrogen and oxygen atoms in total. The minimum Gasteiger partial charge on any atom is -0.461 e. The molecular weight excluding hydrogens is 484 g/mol. The minimum absolute atomic E-state index is 0.0250. The summed E-state index contributed by atoms with van der Waals surface area (Å²) in [6.07, 6.45) is 0.726. The van der Waals surface area contributed by atoms with Crippen LogP contribution in [-0.4, -0.2) is 28.7 Å². The molecule has 31 heavy (non-hydrogen) atoms. The van der Waals surface area contributed by atoms with Crippen LogP contribution >= 0.6 is 27.5 Å². The first-order chi connectivity index (χ1) is 14.8. The second kappa shape index (κ2) is 7.64. The highest BCUT2D eigenvalue weighted by Gasteiger charge is 2.67. The molecule has 1 heterocycles. The van der Waals surface area contributed by atoms with Crippen LogP contribution in [0, 0.1) is 30.6 Å². The van der Waals surface area contributed by atoms with Crippen molar-refractivity contribution in [3.63, 3.8) is 0 Å². The smallest absolute Gasteiger partial charge is 0.310 e. The maximum absolute atomic E-state index is 13.0. The number of ether oxygens (including phenoxy) is 1. The Morgan fingerprint density at radius 2 is 1.84 bits per heavy atom. The van der Waals surface area contributed by atoms with Gasteiger partial charge in [0.2, 0.25) is 5.91 Å². The molecule has 6 atom stereocenters. The fourth-order valence-corrected chi connectivity index (χ4v) is 6.42. The number of amides is 2. The summed E-state index contributed by atoms with van der Waals surface area (Å²) in [6.45, 7) is 1.84. The third-order valence-electron chi connectivity index (χ3n) is 6.76. The highest BCUT2D eigenvalue weighted by molar-refractivity contribution is 9.09. The average molecular weight is 504 g/mol. The van der Waals surface area contributed by atoms with E-state index < -0.39 is 5.92 Å². The third kappa shape index (κ3) is 3.34. The Hall–Kier alpha value is -2.38. The summed E-state index contributed by atoms with van der Waals surface area (Å²) in [5.74, 6) is -1.23. The minimum atomic E-state index is -0.394. The van der Waals surface area contributed by atoms with Crippen molar-refractivity contribution in [2.24, 2.45) is 23.7 Å². The van der Waals surface area contributed by atoms with Crippen molar-refractivity contribution in [1.29, 1.82) is 0 Å². The molecule has 0 spiro atoms. The quantitative estimate of drug-likeness (QED) is 0.478. The standard InChI is InChI=1S/C23H20BrClN2O4/c1-10-15(25)3-2-4-16(10)27-21(28)11-5-7-12(8-6-11)26-22(29)17-13-9-14-18(17)23(30)31-20(14)19(13)24/h2-8,13-14,17-20H,9H2,1H3,(H,26,29)(H,27,28)/t13-,14-,17-,18-,19-,20+/m1/s1. The summed E-state index contributed by atoms with van der Waals surface area (Å²) in [4.78, 5) is 37.8. The van der Waals surface area contributed by atoms with Gasteiger partial charge in [-0.2, -0.15) is 0 Å². The van der Waals surface area contributed by atoms with E-state index in [1.807, 2.05) is 6.92 Å². The number of rotatable bonds is 4. The zero-order chi connectivity index (χ0) is 21.9. The zero-order valence-electron chi connectivity index (χ0n) is 16.6. The Bertz CT molecular complexity index is 1090. The molecule has 160 valence electrons. The zero-order valence-corrected chi connectivity index (χ0v) is 18.9. The van der Waals surface area contributed by atoms with E-state index >= 15 is 0 Å². The second-order valence-electron chi connectivity index (χ2n) is 8.39. The lowest BCUT2D eigenvalue weighted by Crippen LogP contribution is -2.40. The SMILES string of the molecule is Cc1c(Cl)cccc1NC(=O)c1ccc(NC(=O)[C@@H]2[C@H]3C[C@H]4[C@H](OC(=O)[C@H]42)[C@@H]3Br)cc1. The number of alkyl halides is 1. The van der Waals surface area contributed by atoms with Gasteiger partial charge in [0.15, 0.2) is 0 Å². The first kappa shape index (κ1) is 20.5. The van der Waals surface area contributed by atoms with E-state index in [0.29, 0.717) is 22.0 Å². The summed E-state index contributed by atoms with van der Waals surface area (Å²) in [6, 6.07) is 12.0. The van der Waals surface area contributed by atoms with Gasteiger partial charge in [-0.1, -0.05) is 33.6 Å². The maximum atomic E-state index is 13.0. The monoisotopic (exact) mass is 502 g/mol. The first-order valence-corrected chi connectivity index (χ1v) is 11.5. The van der Waals surface area contributed by atoms with Gasteiger partial charge in [0, 0.05) is 27.9 Å². The van der Waals surface area contributed by atoms with E-state index in [1.165, 1.54) is 0 Å². The largest absolute Gasteiger partial charge is 0.461 e. The fourth-order valence-electron chi connectivity index (χ4n) is 5.20. The van der Waals surface area contributed by atoms with Crippen molar-refractivity contribution in [2.45, 2.75) is 24.3 Å². The van der Waals surface area contributed by atoms with Gasteiger partial charge in [-0.25, -0.2) is 0 Å². The number of hydrogen-bond donors (Lipinski definition) is 2. The van der Waals surface area contributed by atoms with Crippen LogP contribution in [0.15, 0.2) is 42.5 Å². The van der Waals surface area contributed by atoms with Crippen LogP contribution in [0.3, 0.4) is 0 Å². The van der Waals surface area contributed by atoms with E-state index in [4.69, 9.17) is 16.3 Å². The van der Waals surface area contributed by atoms with Crippen LogP contribution in [0.1, 0.15) is 22.3 Å². The van der Waals surface area contributed by atoms with Crippen LogP contribution in [0.4, 0.5) is 11.4 Å². The van der Waals surface area contributed by atoms with E-state index in [2.05, 4.69) is 26.6 Å². The Kier molecular flexibility index (Phi) is 5.06. The maximum Gasteiger partial charge on any atom is 0.310 e. The molecule has 0 radical (unpaired) electrons. The van der Waals surface area contributed by atoms with Crippen LogP contribution in [0.5, 0.6) is 0 Å². The molecule has 2 aliphatic carbocycles. The molecule has 2 amide bonds. The number of esters is 1. The van der Waals surface area contributed by atoms with Gasteiger partial charge in [0.25, 0.3) is 5.91 Å². The second-order valence-corrected chi connectivity index (χ2v) is 9.86. The third-order valence-corrected chi connectivity index (χ3v) is 8.37. The van der Waals surface area contributed by atoms with Crippen molar-refractivity contribution in [1.82, 2.24) is 0 Å². The summed E-state index contributed by atoms with van der Waals surface area (Å²) in [5, 5.41) is 6.34. The molecule has 2 aromatic carbocycles. The average Bonchev–Trinajstić information content (AvgIpc) is 3.36. The topological polar surface area (TPSA) is 84.5 Å². The lowest BCUT2D eigenvalue weighted by molar-refractivity contribution is -0.145. The van der Waals surface area contributed by atoms with Crippen LogP contribution in [-0.2, 0) is 14.3 Å². The number of carbonyl (C=O) groups excluding carboxylic acids is 3. The predicted molar refractivity (Wildman–Crippen MR) is 120 cm³/mol. The Morgan fingerprint density at radius 1 is 1.10 bits per heavy atom. The molecule has 2 aromatic rings. The predicted octanol–water partition coefficient (Wildman–Crippen LogP) is 4.41. The van der Waals surface area contributed by atoms with Gasteiger partial charge in [0.1, 0.15) is 6.10 Å². The van der Waals surface area contributed by atoms with Crippen molar-refractivity contribution in [3.05, 3.63) is 58.6 Å². The van der Waals surface area contributed by atoms with Gasteiger partial charge in [0.05, 0.1) is 16.7 Å². The normalized spacial score (nSPS) is 30.2. The molecule has 0 aromatic heterocycles. The van der Waals surface area contributed by atoms with Crippen LogP contribution in [0.25, 0.3) is 0 Å². The lowest BCUT2D eigenvalue weighted by atomic mass is 9.79. The molecule has 1 aliphatic heterocycles. The molecule has 2 saturated carbocycles. The van der Waals surface area contributed by atoms with Gasteiger partial charge < -0.3 is 15.4 Å². The van der Waals surface area contributed by atoms with Gasteiger partial charge >= 0.3 is 5.97 Å². The number of anilines is 2. The molecule has 1 saturated heterocycles. The highest BCUT2D eigenvalue weighted by atomic mass is 79.9. The van der Waals surface area contributed by atoms with E-state index in [1.54, 1.807) is 42.5 Å². The molecule has 3 aliphatic rings. The molecule has 2 bridgehead atoms. The first-order valence-electron chi connectivity index (χ1n) is 10.2. The summed E-state index contributed by atoms with van der Waals surface area (Å²) < 4.78 is 5.47. The highest BCUT2D eigenvalue weighted by Crippen LogP contribution is 2.60. The van der Waals surface area contributed by atoms with Gasteiger partial charge in [-0.3, -0.25) is 14.4 Å². The Labute approximate surface area is 192 Å². The molecule has 5 rings (SSSR count). The summed E-state index contributed by atoms with van der Waals surface area (Å²) >= 11 is 9.73. The van der Waals surface area contributed by atoms with Gasteiger partial charge in [-0.05, 0) is 61.2 Å². The molecule has 0 unspecified atom stereocenters.